The molecule has 2 rings (SSSR count). The Morgan fingerprint density at radius 3 is 1.81 bits per heavy atom. The Labute approximate surface area is 186 Å². The summed E-state index contributed by atoms with van der Waals surface area (Å²) in [5.41, 5.74) is -1.30. The van der Waals surface area contributed by atoms with Gasteiger partial charge < -0.3 is 20.5 Å². The van der Waals surface area contributed by atoms with Gasteiger partial charge in [0.15, 0.2) is 0 Å². The number of esters is 1. The predicted octanol–water partition coefficient (Wildman–Crippen LogP) is 2.92. The molecule has 0 aliphatic heterocycles. The first-order valence-corrected chi connectivity index (χ1v) is 10.2. The number of carboxylic acid groups (broad SMARTS) is 1. The van der Waals surface area contributed by atoms with Crippen molar-refractivity contribution in [3.8, 4) is 0 Å². The molecule has 0 bridgehead atoms. The lowest BCUT2D eigenvalue weighted by atomic mass is 10.0. The zero-order valence-corrected chi connectivity index (χ0v) is 17.7. The number of amides is 2. The molecule has 8 nitrogen and oxygen atoms in total. The molecule has 0 atom stereocenters. The number of hydrogen-bond donors (Lipinski definition) is 3. The first-order chi connectivity index (χ1) is 15.4. The van der Waals surface area contributed by atoms with Crippen LogP contribution in [-0.2, 0) is 14.3 Å². The molecule has 0 fully saturated rings. The predicted molar refractivity (Wildman–Crippen MR) is 118 cm³/mol. The SMILES string of the molecule is CCOC(=O)C(CC=CCCC(=O)O)(NC(=O)c1ccccc1)NC(=O)c1ccccc1. The van der Waals surface area contributed by atoms with Crippen molar-refractivity contribution in [2.75, 3.05) is 6.61 Å². The van der Waals surface area contributed by atoms with Gasteiger partial charge in [-0.1, -0.05) is 48.6 Å². The molecule has 0 saturated carbocycles. The Balaban J connectivity index is 2.37. The number of carbonyl (C=O) groups excluding carboxylic acids is 3. The third kappa shape index (κ3) is 7.09. The van der Waals surface area contributed by atoms with Crippen LogP contribution in [0.4, 0.5) is 0 Å². The largest absolute Gasteiger partial charge is 0.481 e. The van der Waals surface area contributed by atoms with E-state index in [0.29, 0.717) is 11.1 Å². The van der Waals surface area contributed by atoms with Crippen molar-refractivity contribution in [3.63, 3.8) is 0 Å². The quantitative estimate of drug-likeness (QED) is 0.282. The Hall–Kier alpha value is -3.94. The third-order valence-electron chi connectivity index (χ3n) is 4.47. The standard InChI is InChI=1S/C24H26N2O6/c1-2-32-23(31)24(17-11-5-10-16-20(27)28,25-21(29)18-12-6-3-7-13-18)26-22(30)19-14-8-4-9-15-19/h3-9,11-15H,2,10,16-17H2,1H3,(H,25,29)(H,26,30)(H,27,28). The van der Waals surface area contributed by atoms with Gasteiger partial charge in [0.1, 0.15) is 0 Å². The number of carbonyl (C=O) groups is 4. The van der Waals surface area contributed by atoms with Gasteiger partial charge in [0.25, 0.3) is 11.8 Å². The fourth-order valence-corrected chi connectivity index (χ4v) is 2.87. The highest BCUT2D eigenvalue weighted by Gasteiger charge is 2.42. The van der Waals surface area contributed by atoms with Gasteiger partial charge in [-0.2, -0.15) is 0 Å². The number of ether oxygens (including phenoxy) is 1. The van der Waals surface area contributed by atoms with Gasteiger partial charge >= 0.3 is 11.9 Å². The second-order valence-electron chi connectivity index (χ2n) is 6.87. The van der Waals surface area contributed by atoms with Crippen molar-refractivity contribution in [1.82, 2.24) is 10.6 Å². The van der Waals surface area contributed by atoms with E-state index in [9.17, 15) is 19.2 Å². The zero-order chi connectivity index (χ0) is 23.4. The Morgan fingerprint density at radius 1 is 0.875 bits per heavy atom. The summed E-state index contributed by atoms with van der Waals surface area (Å²) in [5.74, 6) is -2.95. The molecule has 2 aromatic carbocycles. The molecule has 0 aliphatic rings. The van der Waals surface area contributed by atoms with Crippen LogP contribution in [0.1, 0.15) is 46.9 Å². The van der Waals surface area contributed by atoms with E-state index in [1.165, 1.54) is 6.08 Å². The molecule has 0 saturated heterocycles. The number of nitrogens with one attached hydrogen (secondary N) is 2. The maximum Gasteiger partial charge on any atom is 0.353 e. The number of benzene rings is 2. The molecule has 0 aromatic heterocycles. The summed E-state index contributed by atoms with van der Waals surface area (Å²) in [6.45, 7) is 1.65. The summed E-state index contributed by atoms with van der Waals surface area (Å²) in [4.78, 5) is 49.5. The molecular formula is C24H26N2O6. The minimum atomic E-state index is -1.89. The molecule has 32 heavy (non-hydrogen) atoms. The van der Waals surface area contributed by atoms with E-state index >= 15 is 0 Å². The lowest BCUT2D eigenvalue weighted by Crippen LogP contribution is -2.66. The summed E-state index contributed by atoms with van der Waals surface area (Å²) in [6, 6.07) is 16.5. The van der Waals surface area contributed by atoms with E-state index in [4.69, 9.17) is 9.84 Å². The lowest BCUT2D eigenvalue weighted by molar-refractivity contribution is -0.152. The van der Waals surface area contributed by atoms with E-state index in [1.54, 1.807) is 73.7 Å². The first-order valence-electron chi connectivity index (χ1n) is 10.2. The summed E-state index contributed by atoms with van der Waals surface area (Å²) >= 11 is 0. The maximum atomic E-state index is 13.0. The molecule has 0 radical (unpaired) electrons. The summed E-state index contributed by atoms with van der Waals surface area (Å²) in [5, 5.41) is 14.0. The van der Waals surface area contributed by atoms with E-state index in [0.717, 1.165) is 0 Å². The van der Waals surface area contributed by atoms with Crippen LogP contribution < -0.4 is 10.6 Å². The number of aliphatic carboxylic acids is 1. The van der Waals surface area contributed by atoms with Crippen molar-refractivity contribution in [2.45, 2.75) is 31.8 Å². The summed E-state index contributed by atoms with van der Waals surface area (Å²) < 4.78 is 5.18. The summed E-state index contributed by atoms with van der Waals surface area (Å²) in [7, 11) is 0. The molecule has 3 N–H and O–H groups in total. The number of hydrogen-bond acceptors (Lipinski definition) is 5. The summed E-state index contributed by atoms with van der Waals surface area (Å²) in [6.07, 6.45) is 3.12. The topological polar surface area (TPSA) is 122 Å². The minimum Gasteiger partial charge on any atom is -0.481 e. The van der Waals surface area contributed by atoms with Crippen molar-refractivity contribution < 1.29 is 29.0 Å². The fourth-order valence-electron chi connectivity index (χ4n) is 2.87. The van der Waals surface area contributed by atoms with Gasteiger partial charge in [-0.05, 0) is 37.6 Å². The van der Waals surface area contributed by atoms with Crippen LogP contribution in [0, 0.1) is 0 Å². The van der Waals surface area contributed by atoms with Crippen LogP contribution in [0.25, 0.3) is 0 Å². The monoisotopic (exact) mass is 438 g/mol. The fraction of sp³-hybridized carbons (Fsp3) is 0.250. The highest BCUT2D eigenvalue weighted by atomic mass is 16.5. The first kappa shape index (κ1) is 24.3. The molecule has 8 heteroatoms. The van der Waals surface area contributed by atoms with Gasteiger partial charge in [0.05, 0.1) is 6.61 Å². The highest BCUT2D eigenvalue weighted by molar-refractivity contribution is 6.02. The van der Waals surface area contributed by atoms with Crippen molar-refractivity contribution in [1.29, 1.82) is 0 Å². The van der Waals surface area contributed by atoms with Gasteiger partial charge in [-0.25, -0.2) is 4.79 Å². The van der Waals surface area contributed by atoms with Gasteiger partial charge in [0.2, 0.25) is 5.66 Å². The molecule has 2 aromatic rings. The number of carboxylic acids is 1. The molecule has 0 unspecified atom stereocenters. The molecule has 0 heterocycles. The van der Waals surface area contributed by atoms with Crippen LogP contribution in [0.2, 0.25) is 0 Å². The molecule has 0 spiro atoms. The van der Waals surface area contributed by atoms with Crippen molar-refractivity contribution in [3.05, 3.63) is 83.9 Å². The lowest BCUT2D eigenvalue weighted by Gasteiger charge is -2.32. The second-order valence-corrected chi connectivity index (χ2v) is 6.87. The zero-order valence-electron chi connectivity index (χ0n) is 17.7. The highest BCUT2D eigenvalue weighted by Crippen LogP contribution is 2.15. The maximum absolute atomic E-state index is 13.0. The van der Waals surface area contributed by atoms with E-state index in [1.807, 2.05) is 0 Å². The van der Waals surface area contributed by atoms with Gasteiger partial charge in [-0.15, -0.1) is 0 Å². The molecule has 168 valence electrons. The molecule has 0 aliphatic carbocycles. The average Bonchev–Trinajstić information content (AvgIpc) is 2.79. The second kappa shape index (κ2) is 12.0. The van der Waals surface area contributed by atoms with Crippen LogP contribution in [-0.4, -0.2) is 41.1 Å². The van der Waals surface area contributed by atoms with Gasteiger partial charge in [-0.3, -0.25) is 14.4 Å². The van der Waals surface area contributed by atoms with Crippen LogP contribution >= 0.6 is 0 Å². The Kier molecular flexibility index (Phi) is 9.16. The van der Waals surface area contributed by atoms with E-state index < -0.39 is 29.4 Å². The molecule has 2 amide bonds. The van der Waals surface area contributed by atoms with Gasteiger partial charge in [0, 0.05) is 24.0 Å². The van der Waals surface area contributed by atoms with Crippen molar-refractivity contribution in [2.24, 2.45) is 0 Å². The van der Waals surface area contributed by atoms with E-state index in [2.05, 4.69) is 10.6 Å². The number of allylic oxidation sites excluding steroid dienone is 1. The smallest absolute Gasteiger partial charge is 0.353 e. The van der Waals surface area contributed by atoms with E-state index in [-0.39, 0.29) is 25.9 Å². The normalized spacial score (nSPS) is 11.0. The molecular weight excluding hydrogens is 412 g/mol. The number of rotatable bonds is 11. The average molecular weight is 438 g/mol. The third-order valence-corrected chi connectivity index (χ3v) is 4.47. The van der Waals surface area contributed by atoms with Crippen molar-refractivity contribution >= 4 is 23.8 Å². The minimum absolute atomic E-state index is 0.0335. The van der Waals surface area contributed by atoms with Crippen LogP contribution in [0.5, 0.6) is 0 Å². The Morgan fingerprint density at radius 2 is 1.38 bits per heavy atom. The van der Waals surface area contributed by atoms with Crippen LogP contribution in [0.15, 0.2) is 72.8 Å². The van der Waals surface area contributed by atoms with Crippen LogP contribution in [0.3, 0.4) is 0 Å². The Bertz CT molecular complexity index is 903.